The molecule has 0 saturated carbocycles. The third-order valence-corrected chi connectivity index (χ3v) is 2.34. The molecule has 1 aromatic carbocycles. The van der Waals surface area contributed by atoms with Crippen LogP contribution in [0.3, 0.4) is 0 Å². The van der Waals surface area contributed by atoms with Gasteiger partial charge in [0.1, 0.15) is 11.3 Å². The Hall–Kier alpha value is -1.98. The van der Waals surface area contributed by atoms with Crippen LogP contribution in [-0.2, 0) is 6.18 Å². The molecule has 1 heterocycles. The lowest BCUT2D eigenvalue weighted by molar-refractivity contribution is -0.136. The smallest absolute Gasteiger partial charge is 0.420 e. The van der Waals surface area contributed by atoms with Crippen molar-refractivity contribution in [2.24, 2.45) is 0 Å². The van der Waals surface area contributed by atoms with Crippen molar-refractivity contribution in [1.29, 1.82) is 0 Å². The minimum absolute atomic E-state index is 0.0372. The number of hydrogen-bond donors (Lipinski definition) is 1. The molecular weight excluding hydrogens is 237 g/mol. The molecule has 3 nitrogen and oxygen atoms in total. The number of furan rings is 1. The number of aryl methyl sites for hydroxylation is 1. The summed E-state index contributed by atoms with van der Waals surface area (Å²) in [4.78, 5) is 10.9. The molecule has 1 aromatic heterocycles. The summed E-state index contributed by atoms with van der Waals surface area (Å²) in [7, 11) is 0. The number of carbonyl (C=O) groups is 1. The zero-order valence-electron chi connectivity index (χ0n) is 8.63. The summed E-state index contributed by atoms with van der Waals surface area (Å²) in [6.07, 6.45) is -4.57. The standard InChI is InChI=1S/C11H7F3O3/c1-5-4-7-6(10(15)16)2-3-8(9(7)17-5)11(12,13)14/h2-4H,1H3,(H,15,16). The Morgan fingerprint density at radius 3 is 2.53 bits per heavy atom. The van der Waals surface area contributed by atoms with E-state index < -0.39 is 23.3 Å². The first-order chi connectivity index (χ1) is 7.80. The summed E-state index contributed by atoms with van der Waals surface area (Å²) >= 11 is 0. The Morgan fingerprint density at radius 2 is 2.00 bits per heavy atom. The number of rotatable bonds is 1. The zero-order chi connectivity index (χ0) is 12.8. The van der Waals surface area contributed by atoms with Gasteiger partial charge in [0.15, 0.2) is 0 Å². The molecule has 0 spiro atoms. The SMILES string of the molecule is Cc1cc2c(C(=O)O)ccc(C(F)(F)F)c2o1. The third-order valence-electron chi connectivity index (χ3n) is 2.34. The number of carboxylic acid groups (broad SMARTS) is 1. The normalized spacial score (nSPS) is 12.0. The maximum atomic E-state index is 12.7. The summed E-state index contributed by atoms with van der Waals surface area (Å²) in [6, 6.07) is 2.94. The highest BCUT2D eigenvalue weighted by Gasteiger charge is 2.35. The average molecular weight is 244 g/mol. The number of halogens is 3. The van der Waals surface area contributed by atoms with Gasteiger partial charge in [0.05, 0.1) is 11.1 Å². The number of benzene rings is 1. The van der Waals surface area contributed by atoms with Crippen LogP contribution in [0.15, 0.2) is 22.6 Å². The molecule has 90 valence electrons. The van der Waals surface area contributed by atoms with Gasteiger partial charge in [-0.1, -0.05) is 0 Å². The fourth-order valence-electron chi connectivity index (χ4n) is 1.66. The van der Waals surface area contributed by atoms with Gasteiger partial charge in [-0.15, -0.1) is 0 Å². The second-order valence-electron chi connectivity index (χ2n) is 3.56. The van der Waals surface area contributed by atoms with Crippen molar-refractivity contribution < 1.29 is 27.5 Å². The molecule has 0 unspecified atom stereocenters. The molecule has 1 N–H and O–H groups in total. The molecule has 2 rings (SSSR count). The van der Waals surface area contributed by atoms with E-state index in [0.29, 0.717) is 6.07 Å². The van der Waals surface area contributed by atoms with Crippen molar-refractivity contribution in [2.75, 3.05) is 0 Å². The number of fused-ring (bicyclic) bond motifs is 1. The summed E-state index contributed by atoms with van der Waals surface area (Å²) < 4.78 is 42.9. The number of aromatic carboxylic acids is 1. The first-order valence-electron chi connectivity index (χ1n) is 4.64. The summed E-state index contributed by atoms with van der Waals surface area (Å²) in [5.74, 6) is -1.05. The van der Waals surface area contributed by atoms with Crippen LogP contribution >= 0.6 is 0 Å². The monoisotopic (exact) mass is 244 g/mol. The molecule has 0 bridgehead atoms. The van der Waals surface area contributed by atoms with Crippen LogP contribution in [0.2, 0.25) is 0 Å². The van der Waals surface area contributed by atoms with E-state index in [0.717, 1.165) is 6.07 Å². The predicted molar refractivity (Wildman–Crippen MR) is 52.9 cm³/mol. The van der Waals surface area contributed by atoms with Gasteiger partial charge in [0.2, 0.25) is 0 Å². The number of alkyl halides is 3. The van der Waals surface area contributed by atoms with Crippen molar-refractivity contribution in [3.05, 3.63) is 35.1 Å². The van der Waals surface area contributed by atoms with Gasteiger partial charge in [-0.05, 0) is 25.1 Å². The van der Waals surface area contributed by atoms with Crippen molar-refractivity contribution >= 4 is 16.9 Å². The van der Waals surface area contributed by atoms with Crippen LogP contribution in [-0.4, -0.2) is 11.1 Å². The molecule has 0 aliphatic heterocycles. The molecule has 0 aliphatic rings. The van der Waals surface area contributed by atoms with Crippen LogP contribution in [0.4, 0.5) is 13.2 Å². The molecule has 2 aromatic rings. The first-order valence-corrected chi connectivity index (χ1v) is 4.64. The van der Waals surface area contributed by atoms with Gasteiger partial charge in [-0.25, -0.2) is 4.79 Å². The predicted octanol–water partition coefficient (Wildman–Crippen LogP) is 3.46. The molecule has 0 fully saturated rings. The maximum Gasteiger partial charge on any atom is 0.420 e. The second kappa shape index (κ2) is 3.51. The highest BCUT2D eigenvalue weighted by Crippen LogP contribution is 2.37. The van der Waals surface area contributed by atoms with Crippen LogP contribution in [0.25, 0.3) is 11.0 Å². The quantitative estimate of drug-likeness (QED) is 0.835. The van der Waals surface area contributed by atoms with Crippen LogP contribution in [0, 0.1) is 6.92 Å². The van der Waals surface area contributed by atoms with E-state index in [1.807, 2.05) is 0 Å². The minimum Gasteiger partial charge on any atom is -0.478 e. The van der Waals surface area contributed by atoms with Gasteiger partial charge >= 0.3 is 12.1 Å². The second-order valence-corrected chi connectivity index (χ2v) is 3.56. The van der Waals surface area contributed by atoms with Crippen molar-refractivity contribution in [3.8, 4) is 0 Å². The van der Waals surface area contributed by atoms with E-state index in [2.05, 4.69) is 0 Å². The Morgan fingerprint density at radius 1 is 1.35 bits per heavy atom. The highest BCUT2D eigenvalue weighted by molar-refractivity contribution is 6.03. The fraction of sp³-hybridized carbons (Fsp3) is 0.182. The average Bonchev–Trinajstić information content (AvgIpc) is 2.54. The van der Waals surface area contributed by atoms with E-state index in [4.69, 9.17) is 9.52 Å². The Balaban J connectivity index is 2.84. The lowest BCUT2D eigenvalue weighted by atomic mass is 10.1. The molecule has 17 heavy (non-hydrogen) atoms. The number of carboxylic acids is 1. The molecular formula is C11H7F3O3. The molecule has 0 amide bonds. The van der Waals surface area contributed by atoms with Crippen LogP contribution in [0.5, 0.6) is 0 Å². The molecule has 0 aliphatic carbocycles. The van der Waals surface area contributed by atoms with Crippen molar-refractivity contribution in [1.82, 2.24) is 0 Å². The van der Waals surface area contributed by atoms with Crippen molar-refractivity contribution in [2.45, 2.75) is 13.1 Å². The van der Waals surface area contributed by atoms with Gasteiger partial charge in [-0.2, -0.15) is 13.2 Å². The first kappa shape index (κ1) is 11.5. The number of hydrogen-bond acceptors (Lipinski definition) is 2. The Labute approximate surface area is 93.5 Å². The van der Waals surface area contributed by atoms with E-state index in [-0.39, 0.29) is 16.7 Å². The van der Waals surface area contributed by atoms with Crippen LogP contribution < -0.4 is 0 Å². The van der Waals surface area contributed by atoms with E-state index in [1.54, 1.807) is 0 Å². The molecule has 0 saturated heterocycles. The van der Waals surface area contributed by atoms with Crippen molar-refractivity contribution in [3.63, 3.8) is 0 Å². The fourth-order valence-corrected chi connectivity index (χ4v) is 1.66. The zero-order valence-corrected chi connectivity index (χ0v) is 8.63. The van der Waals surface area contributed by atoms with E-state index in [9.17, 15) is 18.0 Å². The topological polar surface area (TPSA) is 50.4 Å². The molecule has 6 heteroatoms. The van der Waals surface area contributed by atoms with Gasteiger partial charge in [0.25, 0.3) is 0 Å². The maximum absolute atomic E-state index is 12.7. The van der Waals surface area contributed by atoms with Gasteiger partial charge in [0, 0.05) is 5.39 Å². The van der Waals surface area contributed by atoms with E-state index in [1.165, 1.54) is 13.0 Å². The largest absolute Gasteiger partial charge is 0.478 e. The summed E-state index contributed by atoms with van der Waals surface area (Å²) in [5, 5.41) is 8.83. The van der Waals surface area contributed by atoms with Crippen LogP contribution in [0.1, 0.15) is 21.7 Å². The summed E-state index contributed by atoms with van der Waals surface area (Å²) in [5.41, 5.74) is -1.61. The molecule has 0 radical (unpaired) electrons. The minimum atomic E-state index is -4.57. The Kier molecular flexibility index (Phi) is 2.38. The third kappa shape index (κ3) is 1.86. The van der Waals surface area contributed by atoms with Gasteiger partial charge < -0.3 is 9.52 Å². The van der Waals surface area contributed by atoms with E-state index >= 15 is 0 Å². The molecule has 0 atom stereocenters. The summed E-state index contributed by atoms with van der Waals surface area (Å²) in [6.45, 7) is 1.46. The van der Waals surface area contributed by atoms with Gasteiger partial charge in [-0.3, -0.25) is 0 Å². The lowest BCUT2D eigenvalue weighted by Gasteiger charge is -2.07. The lowest BCUT2D eigenvalue weighted by Crippen LogP contribution is -2.07. The highest BCUT2D eigenvalue weighted by atomic mass is 19.4. The Bertz CT molecular complexity index is 596.